The number of ketones is 1. The minimum absolute atomic E-state index is 0.137. The molecule has 0 radical (unpaired) electrons. The highest BCUT2D eigenvalue weighted by Gasteiger charge is 2.40. The molecule has 2 aliphatic rings. The van der Waals surface area contributed by atoms with E-state index in [0.717, 1.165) is 12.3 Å². The quantitative estimate of drug-likeness (QED) is 0.719. The molecule has 2 nitrogen and oxygen atoms in total. The van der Waals surface area contributed by atoms with Crippen LogP contribution >= 0.6 is 0 Å². The fourth-order valence-corrected chi connectivity index (χ4v) is 3.04. The summed E-state index contributed by atoms with van der Waals surface area (Å²) in [5.41, 5.74) is -0.189. The van der Waals surface area contributed by atoms with E-state index in [1.54, 1.807) is 0 Å². The zero-order valence-corrected chi connectivity index (χ0v) is 10.2. The fourth-order valence-electron chi connectivity index (χ4n) is 3.04. The summed E-state index contributed by atoms with van der Waals surface area (Å²) in [5, 5.41) is 3.55. The number of carbonyl (C=O) groups excluding carboxylic acids is 1. The lowest BCUT2D eigenvalue weighted by Gasteiger charge is -2.24. The second-order valence-corrected chi connectivity index (χ2v) is 6.22. The minimum atomic E-state index is -0.189. The van der Waals surface area contributed by atoms with E-state index in [0.29, 0.717) is 11.8 Å². The second kappa shape index (κ2) is 3.89. The number of Topliss-reactive ketones (excluding diaryl/α,β-unsaturated/α-hetero) is 1. The summed E-state index contributed by atoms with van der Waals surface area (Å²) in [6.07, 6.45) is 6.38. The highest BCUT2D eigenvalue weighted by Crippen LogP contribution is 2.35. The first-order valence-corrected chi connectivity index (χ1v) is 6.29. The van der Waals surface area contributed by atoms with Gasteiger partial charge in [-0.1, -0.05) is 33.6 Å². The van der Waals surface area contributed by atoms with Crippen molar-refractivity contribution in [2.75, 3.05) is 0 Å². The Morgan fingerprint density at radius 1 is 1.20 bits per heavy atom. The minimum Gasteiger partial charge on any atom is -0.304 e. The fraction of sp³-hybridized carbons (Fsp3) is 0.923. The van der Waals surface area contributed by atoms with Gasteiger partial charge in [-0.15, -0.1) is 0 Å². The Hall–Kier alpha value is -0.370. The lowest BCUT2D eigenvalue weighted by atomic mass is 9.82. The van der Waals surface area contributed by atoms with E-state index in [4.69, 9.17) is 0 Å². The van der Waals surface area contributed by atoms with Crippen molar-refractivity contribution in [1.82, 2.24) is 5.32 Å². The van der Waals surface area contributed by atoms with Crippen molar-refractivity contribution in [1.29, 1.82) is 0 Å². The van der Waals surface area contributed by atoms with E-state index >= 15 is 0 Å². The summed E-state index contributed by atoms with van der Waals surface area (Å²) in [5.74, 6) is 1.17. The van der Waals surface area contributed by atoms with Gasteiger partial charge in [0, 0.05) is 11.5 Å². The molecule has 1 aliphatic heterocycles. The van der Waals surface area contributed by atoms with Crippen LogP contribution in [-0.4, -0.2) is 17.9 Å². The van der Waals surface area contributed by atoms with Crippen molar-refractivity contribution < 1.29 is 4.79 Å². The van der Waals surface area contributed by atoms with Gasteiger partial charge in [0.25, 0.3) is 0 Å². The number of hydrogen-bond donors (Lipinski definition) is 1. The first kappa shape index (κ1) is 11.1. The molecule has 0 amide bonds. The summed E-state index contributed by atoms with van der Waals surface area (Å²) in [4.78, 5) is 12.1. The summed E-state index contributed by atoms with van der Waals surface area (Å²) >= 11 is 0. The van der Waals surface area contributed by atoms with Crippen molar-refractivity contribution in [2.24, 2.45) is 11.3 Å². The van der Waals surface area contributed by atoms with Crippen molar-refractivity contribution in [3.8, 4) is 0 Å². The van der Waals surface area contributed by atoms with E-state index in [-0.39, 0.29) is 11.5 Å². The van der Waals surface area contributed by atoms with E-state index in [9.17, 15) is 4.79 Å². The van der Waals surface area contributed by atoms with Crippen molar-refractivity contribution >= 4 is 5.78 Å². The molecule has 0 aromatic rings. The van der Waals surface area contributed by atoms with Crippen LogP contribution in [0.5, 0.6) is 0 Å². The summed E-state index contributed by atoms with van der Waals surface area (Å²) < 4.78 is 0. The average Bonchev–Trinajstić information content (AvgIpc) is 2.58. The van der Waals surface area contributed by atoms with Gasteiger partial charge in [0.2, 0.25) is 0 Å². The SMILES string of the molecule is CC(C)(C)C(=O)C1CC2CCCCC2N1. The van der Waals surface area contributed by atoms with Gasteiger partial charge < -0.3 is 5.32 Å². The third-order valence-electron chi connectivity index (χ3n) is 3.92. The van der Waals surface area contributed by atoms with Gasteiger partial charge in [-0.3, -0.25) is 4.79 Å². The van der Waals surface area contributed by atoms with Crippen LogP contribution in [0, 0.1) is 11.3 Å². The van der Waals surface area contributed by atoms with E-state index in [1.807, 2.05) is 20.8 Å². The molecular formula is C13H23NO. The van der Waals surface area contributed by atoms with E-state index < -0.39 is 0 Å². The molecule has 15 heavy (non-hydrogen) atoms. The van der Waals surface area contributed by atoms with Crippen LogP contribution < -0.4 is 5.32 Å². The normalized spacial score (nSPS) is 36.3. The van der Waals surface area contributed by atoms with E-state index in [1.165, 1.54) is 25.7 Å². The molecule has 1 aliphatic carbocycles. The first-order valence-electron chi connectivity index (χ1n) is 6.29. The molecule has 1 saturated heterocycles. The first-order chi connectivity index (χ1) is 6.98. The van der Waals surface area contributed by atoms with Crippen LogP contribution in [0.15, 0.2) is 0 Å². The van der Waals surface area contributed by atoms with Crippen LogP contribution in [0.3, 0.4) is 0 Å². The van der Waals surface area contributed by atoms with Crippen LogP contribution in [0.4, 0.5) is 0 Å². The Balaban J connectivity index is 2.00. The highest BCUT2D eigenvalue weighted by molar-refractivity contribution is 5.89. The van der Waals surface area contributed by atoms with Crippen molar-refractivity contribution in [3.05, 3.63) is 0 Å². The molecule has 0 spiro atoms. The molecule has 2 heteroatoms. The summed E-state index contributed by atoms with van der Waals surface area (Å²) in [6, 6.07) is 0.771. The molecule has 86 valence electrons. The number of carbonyl (C=O) groups is 1. The molecule has 1 N–H and O–H groups in total. The smallest absolute Gasteiger partial charge is 0.155 e. The summed E-state index contributed by atoms with van der Waals surface area (Å²) in [6.45, 7) is 6.08. The molecule has 3 atom stereocenters. The number of hydrogen-bond acceptors (Lipinski definition) is 2. The van der Waals surface area contributed by atoms with Gasteiger partial charge in [-0.05, 0) is 25.2 Å². The Kier molecular flexibility index (Phi) is 2.89. The zero-order valence-electron chi connectivity index (χ0n) is 10.2. The Morgan fingerprint density at radius 3 is 2.47 bits per heavy atom. The van der Waals surface area contributed by atoms with Gasteiger partial charge in [0.15, 0.2) is 5.78 Å². The van der Waals surface area contributed by atoms with E-state index in [2.05, 4.69) is 5.32 Å². The number of rotatable bonds is 1. The number of fused-ring (bicyclic) bond motifs is 1. The predicted molar refractivity (Wildman–Crippen MR) is 61.7 cm³/mol. The second-order valence-electron chi connectivity index (χ2n) is 6.22. The number of nitrogens with one attached hydrogen (secondary N) is 1. The molecule has 1 saturated carbocycles. The molecular weight excluding hydrogens is 186 g/mol. The van der Waals surface area contributed by atoms with Crippen LogP contribution in [0.25, 0.3) is 0 Å². The van der Waals surface area contributed by atoms with Gasteiger partial charge >= 0.3 is 0 Å². The standard InChI is InChI=1S/C13H23NO/c1-13(2,3)12(15)11-8-9-6-4-5-7-10(9)14-11/h9-11,14H,4-8H2,1-3H3. The molecule has 1 heterocycles. The Bertz CT molecular complexity index is 240. The molecule has 0 aromatic heterocycles. The average molecular weight is 209 g/mol. The van der Waals surface area contributed by atoms with Gasteiger partial charge in [-0.2, -0.15) is 0 Å². The maximum Gasteiger partial charge on any atom is 0.155 e. The van der Waals surface area contributed by atoms with Gasteiger partial charge in [0.05, 0.1) is 6.04 Å². The Morgan fingerprint density at radius 2 is 1.87 bits per heavy atom. The lowest BCUT2D eigenvalue weighted by Crippen LogP contribution is -2.41. The van der Waals surface area contributed by atoms with Gasteiger partial charge in [-0.25, -0.2) is 0 Å². The molecule has 2 rings (SSSR count). The zero-order chi connectivity index (χ0) is 11.1. The molecule has 3 unspecified atom stereocenters. The topological polar surface area (TPSA) is 29.1 Å². The largest absolute Gasteiger partial charge is 0.304 e. The highest BCUT2D eigenvalue weighted by atomic mass is 16.1. The Labute approximate surface area is 92.8 Å². The van der Waals surface area contributed by atoms with Crippen molar-refractivity contribution in [2.45, 2.75) is 65.0 Å². The van der Waals surface area contributed by atoms with Gasteiger partial charge in [0.1, 0.15) is 0 Å². The molecule has 0 bridgehead atoms. The maximum absolute atomic E-state index is 12.1. The van der Waals surface area contributed by atoms with Crippen molar-refractivity contribution in [3.63, 3.8) is 0 Å². The van der Waals surface area contributed by atoms with Crippen LogP contribution in [0.2, 0.25) is 0 Å². The molecule has 2 fully saturated rings. The predicted octanol–water partition coefficient (Wildman–Crippen LogP) is 2.52. The van der Waals surface area contributed by atoms with Crippen LogP contribution in [-0.2, 0) is 4.79 Å². The monoisotopic (exact) mass is 209 g/mol. The summed E-state index contributed by atoms with van der Waals surface area (Å²) in [7, 11) is 0. The third-order valence-corrected chi connectivity index (χ3v) is 3.92. The molecule has 0 aromatic carbocycles. The third kappa shape index (κ3) is 2.25. The maximum atomic E-state index is 12.1. The lowest BCUT2D eigenvalue weighted by molar-refractivity contribution is -0.128. The van der Waals surface area contributed by atoms with Crippen LogP contribution in [0.1, 0.15) is 52.9 Å².